The lowest BCUT2D eigenvalue weighted by Gasteiger charge is -2.28. The molecule has 2 aromatic rings. The summed E-state index contributed by atoms with van der Waals surface area (Å²) in [5.41, 5.74) is 4.15. The van der Waals surface area contributed by atoms with E-state index in [-0.39, 0.29) is 11.9 Å². The molecule has 7 heteroatoms. The third-order valence-electron chi connectivity index (χ3n) is 6.14. The molecule has 1 fully saturated rings. The first-order valence-electron chi connectivity index (χ1n) is 10.3. The zero-order valence-corrected chi connectivity index (χ0v) is 16.7. The quantitative estimate of drug-likeness (QED) is 0.824. The number of carbonyl (C=O) groups excluding carboxylic acids is 2. The molecule has 0 atom stereocenters. The molecule has 2 aliphatic heterocycles. The van der Waals surface area contributed by atoms with Crippen molar-refractivity contribution in [3.63, 3.8) is 0 Å². The van der Waals surface area contributed by atoms with Crippen LogP contribution in [-0.2, 0) is 17.9 Å². The number of benzene rings is 1. The summed E-state index contributed by atoms with van der Waals surface area (Å²) in [5.74, 6) is -0.143. The topological polar surface area (TPSA) is 85.8 Å². The van der Waals surface area contributed by atoms with Crippen LogP contribution in [0.5, 0.6) is 0 Å². The van der Waals surface area contributed by atoms with Gasteiger partial charge in [-0.2, -0.15) is 0 Å². The van der Waals surface area contributed by atoms with E-state index in [9.17, 15) is 14.7 Å². The number of anilines is 1. The number of urea groups is 1. The molecule has 3 amide bonds. The Labute approximate surface area is 175 Å². The number of pyridine rings is 1. The second kappa shape index (κ2) is 7.25. The number of aliphatic hydroxyl groups is 1. The fraction of sp³-hybridized carbons (Fsp3) is 0.348. The Bertz CT molecular complexity index is 1000. The number of hydrogen-bond donors (Lipinski definition) is 2. The molecule has 1 aromatic heterocycles. The predicted molar refractivity (Wildman–Crippen MR) is 112 cm³/mol. The van der Waals surface area contributed by atoms with Crippen LogP contribution in [-0.4, -0.2) is 50.5 Å². The minimum Gasteiger partial charge on any atom is -0.380 e. The van der Waals surface area contributed by atoms with Crippen molar-refractivity contribution in [2.24, 2.45) is 0 Å². The van der Waals surface area contributed by atoms with E-state index in [2.05, 4.69) is 16.4 Å². The number of amides is 3. The average molecular weight is 404 g/mol. The van der Waals surface area contributed by atoms with Crippen molar-refractivity contribution in [2.75, 3.05) is 18.4 Å². The molecule has 1 aromatic carbocycles. The van der Waals surface area contributed by atoms with Gasteiger partial charge in [-0.25, -0.2) is 4.79 Å². The standard InChI is InChI=1S/C23H24N4O3/c28-21(23(30)8-9-23)26-11-6-17(7-12-26)16-1-3-20(4-2-16)25-22(29)27-14-18-5-10-24-13-19(18)15-27/h1-6,10,13,30H,7-9,11-12,14-15H2,(H,25,29). The number of nitrogens with one attached hydrogen (secondary N) is 1. The van der Waals surface area contributed by atoms with Crippen LogP contribution < -0.4 is 5.32 Å². The Balaban J connectivity index is 1.19. The third-order valence-corrected chi connectivity index (χ3v) is 6.14. The van der Waals surface area contributed by atoms with Gasteiger partial charge in [0, 0.05) is 44.3 Å². The van der Waals surface area contributed by atoms with Crippen LogP contribution >= 0.6 is 0 Å². The second-order valence-electron chi connectivity index (χ2n) is 8.27. The van der Waals surface area contributed by atoms with Crippen molar-refractivity contribution in [2.45, 2.75) is 38.0 Å². The van der Waals surface area contributed by atoms with Crippen LogP contribution in [0.4, 0.5) is 10.5 Å². The van der Waals surface area contributed by atoms with E-state index in [4.69, 9.17) is 0 Å². The number of rotatable bonds is 3. The summed E-state index contributed by atoms with van der Waals surface area (Å²) in [4.78, 5) is 32.5. The molecular formula is C23H24N4O3. The van der Waals surface area contributed by atoms with Crippen LogP contribution in [0.25, 0.3) is 5.57 Å². The highest BCUT2D eigenvalue weighted by Crippen LogP contribution is 2.37. The molecule has 2 N–H and O–H groups in total. The van der Waals surface area contributed by atoms with Gasteiger partial charge in [0.25, 0.3) is 5.91 Å². The summed E-state index contributed by atoms with van der Waals surface area (Å²) in [7, 11) is 0. The highest BCUT2D eigenvalue weighted by atomic mass is 16.3. The summed E-state index contributed by atoms with van der Waals surface area (Å²) in [5, 5.41) is 13.0. The van der Waals surface area contributed by atoms with Crippen molar-refractivity contribution in [3.8, 4) is 0 Å². The van der Waals surface area contributed by atoms with E-state index in [1.165, 1.54) is 5.57 Å². The summed E-state index contributed by atoms with van der Waals surface area (Å²) in [6, 6.07) is 9.64. The van der Waals surface area contributed by atoms with E-state index in [1.54, 1.807) is 16.0 Å². The van der Waals surface area contributed by atoms with Crippen LogP contribution in [0.3, 0.4) is 0 Å². The van der Waals surface area contributed by atoms with E-state index in [0.29, 0.717) is 39.0 Å². The molecule has 5 rings (SSSR count). The molecule has 1 saturated carbocycles. The van der Waals surface area contributed by atoms with Crippen LogP contribution in [0.1, 0.15) is 36.0 Å². The van der Waals surface area contributed by atoms with E-state index < -0.39 is 5.60 Å². The first-order chi connectivity index (χ1) is 14.5. The molecule has 7 nitrogen and oxygen atoms in total. The van der Waals surface area contributed by atoms with Gasteiger partial charge < -0.3 is 20.2 Å². The molecule has 0 bridgehead atoms. The maximum Gasteiger partial charge on any atom is 0.322 e. The van der Waals surface area contributed by atoms with Crippen LogP contribution in [0.15, 0.2) is 48.8 Å². The van der Waals surface area contributed by atoms with Crippen molar-refractivity contribution >= 4 is 23.2 Å². The fourth-order valence-electron chi connectivity index (χ4n) is 4.08. The van der Waals surface area contributed by atoms with Gasteiger partial charge in [0.05, 0.1) is 0 Å². The van der Waals surface area contributed by atoms with Crippen molar-refractivity contribution < 1.29 is 14.7 Å². The monoisotopic (exact) mass is 404 g/mol. The summed E-state index contributed by atoms with van der Waals surface area (Å²) in [6.45, 7) is 2.32. The third kappa shape index (κ3) is 3.57. The number of carbonyl (C=O) groups is 2. The van der Waals surface area contributed by atoms with E-state index >= 15 is 0 Å². The largest absolute Gasteiger partial charge is 0.380 e. The minimum absolute atomic E-state index is 0.122. The Kier molecular flexibility index (Phi) is 4.55. The zero-order valence-electron chi connectivity index (χ0n) is 16.7. The Morgan fingerprint density at radius 3 is 2.47 bits per heavy atom. The Hall–Kier alpha value is -3.19. The molecule has 3 aliphatic rings. The fourth-order valence-corrected chi connectivity index (χ4v) is 4.08. The van der Waals surface area contributed by atoms with Gasteiger partial charge in [-0.05, 0) is 59.7 Å². The minimum atomic E-state index is -1.10. The summed E-state index contributed by atoms with van der Waals surface area (Å²) < 4.78 is 0. The van der Waals surface area contributed by atoms with Crippen molar-refractivity contribution in [1.82, 2.24) is 14.8 Å². The van der Waals surface area contributed by atoms with Gasteiger partial charge in [-0.3, -0.25) is 9.78 Å². The molecule has 0 radical (unpaired) electrons. The molecule has 0 spiro atoms. The van der Waals surface area contributed by atoms with Gasteiger partial charge >= 0.3 is 6.03 Å². The number of hydrogen-bond acceptors (Lipinski definition) is 4. The average Bonchev–Trinajstić information content (AvgIpc) is 3.37. The number of nitrogens with zero attached hydrogens (tertiary/aromatic N) is 3. The molecule has 30 heavy (non-hydrogen) atoms. The van der Waals surface area contributed by atoms with Gasteiger partial charge in [-0.1, -0.05) is 18.2 Å². The Morgan fingerprint density at radius 2 is 1.80 bits per heavy atom. The molecule has 3 heterocycles. The molecular weight excluding hydrogens is 380 g/mol. The van der Waals surface area contributed by atoms with Gasteiger partial charge in [0.1, 0.15) is 5.60 Å². The molecule has 1 aliphatic carbocycles. The number of aromatic nitrogens is 1. The van der Waals surface area contributed by atoms with Gasteiger partial charge in [0.15, 0.2) is 0 Å². The SMILES string of the molecule is O=C(Nc1ccc(C2=CCN(C(=O)C3(O)CC3)CC2)cc1)N1Cc2ccncc2C1. The summed E-state index contributed by atoms with van der Waals surface area (Å²) in [6.07, 6.45) is 7.53. The van der Waals surface area contributed by atoms with Gasteiger partial charge in [-0.15, -0.1) is 0 Å². The smallest absolute Gasteiger partial charge is 0.322 e. The first kappa shape index (κ1) is 18.8. The normalized spacial score (nSPS) is 19.2. The van der Waals surface area contributed by atoms with E-state index in [0.717, 1.165) is 28.8 Å². The lowest BCUT2D eigenvalue weighted by molar-refractivity contribution is -0.142. The lowest BCUT2D eigenvalue weighted by atomic mass is 9.99. The molecule has 0 unspecified atom stereocenters. The van der Waals surface area contributed by atoms with E-state index in [1.807, 2.05) is 36.5 Å². The zero-order chi connectivity index (χ0) is 20.7. The Morgan fingerprint density at radius 1 is 1.03 bits per heavy atom. The highest BCUT2D eigenvalue weighted by Gasteiger charge is 2.50. The highest BCUT2D eigenvalue weighted by molar-refractivity contribution is 5.90. The lowest BCUT2D eigenvalue weighted by Crippen LogP contribution is -2.42. The molecule has 0 saturated heterocycles. The molecule has 154 valence electrons. The first-order valence-corrected chi connectivity index (χ1v) is 10.3. The van der Waals surface area contributed by atoms with Crippen LogP contribution in [0.2, 0.25) is 0 Å². The number of fused-ring (bicyclic) bond motifs is 1. The van der Waals surface area contributed by atoms with Crippen molar-refractivity contribution in [1.29, 1.82) is 0 Å². The predicted octanol–water partition coefficient (Wildman–Crippen LogP) is 2.77. The van der Waals surface area contributed by atoms with Gasteiger partial charge in [0.2, 0.25) is 0 Å². The van der Waals surface area contributed by atoms with Crippen molar-refractivity contribution in [3.05, 3.63) is 65.5 Å². The van der Waals surface area contributed by atoms with Crippen LogP contribution in [0, 0.1) is 0 Å². The second-order valence-corrected chi connectivity index (χ2v) is 8.27. The maximum atomic E-state index is 12.6. The summed E-state index contributed by atoms with van der Waals surface area (Å²) >= 11 is 0. The maximum absolute atomic E-state index is 12.6.